The lowest BCUT2D eigenvalue weighted by molar-refractivity contribution is -0.137. The first kappa shape index (κ1) is 21.6. The Bertz CT molecular complexity index is 1390. The molecule has 0 saturated carbocycles. The van der Waals surface area contributed by atoms with Crippen molar-refractivity contribution >= 4 is 49.7 Å². The van der Waals surface area contributed by atoms with Crippen molar-refractivity contribution in [2.75, 3.05) is 20.2 Å². The highest BCUT2D eigenvalue weighted by Gasteiger charge is 2.24. The van der Waals surface area contributed by atoms with Crippen molar-refractivity contribution in [1.82, 2.24) is 9.88 Å². The maximum absolute atomic E-state index is 13.2. The molecule has 0 saturated heterocycles. The van der Waals surface area contributed by atoms with E-state index in [9.17, 15) is 19.5 Å². The number of nitrogens with zero attached hydrogens (tertiary/aromatic N) is 1. The summed E-state index contributed by atoms with van der Waals surface area (Å²) >= 11 is 3.36. The summed E-state index contributed by atoms with van der Waals surface area (Å²) in [6, 6.07) is 12.4. The normalized spacial score (nSPS) is 11.1. The Morgan fingerprint density at radius 3 is 2.75 bits per heavy atom. The summed E-state index contributed by atoms with van der Waals surface area (Å²) in [6.45, 7) is -0.424. The molecule has 2 aromatic carbocycles. The molecule has 0 unspecified atom stereocenters. The summed E-state index contributed by atoms with van der Waals surface area (Å²) in [4.78, 5) is 41.5. The van der Waals surface area contributed by atoms with Crippen LogP contribution in [0.1, 0.15) is 15.9 Å². The van der Waals surface area contributed by atoms with Gasteiger partial charge in [0.05, 0.1) is 7.11 Å². The average molecular weight is 499 g/mol. The minimum absolute atomic E-state index is 0.117. The van der Waals surface area contributed by atoms with Crippen molar-refractivity contribution in [2.24, 2.45) is 0 Å². The molecule has 0 fully saturated rings. The second kappa shape index (κ2) is 8.88. The second-order valence-electron chi connectivity index (χ2n) is 7.20. The van der Waals surface area contributed by atoms with Crippen molar-refractivity contribution in [3.8, 4) is 5.75 Å². The first-order valence-corrected chi connectivity index (χ1v) is 10.5. The predicted molar refractivity (Wildman–Crippen MR) is 122 cm³/mol. The number of benzene rings is 2. The second-order valence-corrected chi connectivity index (χ2v) is 8.12. The van der Waals surface area contributed by atoms with Crippen molar-refractivity contribution < 1.29 is 23.8 Å². The molecule has 0 aliphatic heterocycles. The van der Waals surface area contributed by atoms with E-state index in [4.69, 9.17) is 9.15 Å². The van der Waals surface area contributed by atoms with E-state index in [1.54, 1.807) is 12.1 Å². The number of aliphatic carboxylic acids is 1. The summed E-state index contributed by atoms with van der Waals surface area (Å²) in [6.07, 6.45) is 2.25. The number of nitrogens with one attached hydrogen (secondary N) is 1. The fourth-order valence-electron chi connectivity index (χ4n) is 3.65. The molecular formula is C23H19BrN2O6. The van der Waals surface area contributed by atoms with E-state index in [0.29, 0.717) is 22.0 Å². The zero-order valence-electron chi connectivity index (χ0n) is 17.1. The quantitative estimate of drug-likeness (QED) is 0.374. The summed E-state index contributed by atoms with van der Waals surface area (Å²) in [5.74, 6) is -1.54. The number of aromatic nitrogens is 1. The molecule has 2 aromatic heterocycles. The Labute approximate surface area is 190 Å². The fraction of sp³-hybridized carbons (Fsp3) is 0.174. The lowest BCUT2D eigenvalue weighted by atomic mass is 10.1. The largest absolute Gasteiger partial charge is 0.493 e. The van der Waals surface area contributed by atoms with E-state index < -0.39 is 24.0 Å². The Morgan fingerprint density at radius 1 is 1.22 bits per heavy atom. The number of para-hydroxylation sites is 1. The monoisotopic (exact) mass is 498 g/mol. The highest BCUT2D eigenvalue weighted by molar-refractivity contribution is 9.10. The van der Waals surface area contributed by atoms with Crippen LogP contribution in [0.2, 0.25) is 0 Å². The molecule has 8 nitrogen and oxygen atoms in total. The molecule has 0 bridgehead atoms. The smallest absolute Gasteiger partial charge is 0.349 e. The van der Waals surface area contributed by atoms with Gasteiger partial charge in [-0.15, -0.1) is 0 Å². The molecule has 0 atom stereocenters. The molecule has 2 N–H and O–H groups in total. The number of methoxy groups -OCH3 is 1. The van der Waals surface area contributed by atoms with Crippen molar-refractivity contribution in [3.05, 3.63) is 74.7 Å². The summed E-state index contributed by atoms with van der Waals surface area (Å²) in [5, 5.41) is 10.8. The Morgan fingerprint density at radius 2 is 2.00 bits per heavy atom. The van der Waals surface area contributed by atoms with E-state index in [0.717, 1.165) is 21.4 Å². The summed E-state index contributed by atoms with van der Waals surface area (Å²) < 4.78 is 11.3. The third kappa shape index (κ3) is 4.24. The number of hydrogen-bond donors (Lipinski definition) is 2. The van der Waals surface area contributed by atoms with Gasteiger partial charge in [0.25, 0.3) is 5.91 Å². The van der Waals surface area contributed by atoms with Gasteiger partial charge in [-0.05, 0) is 36.2 Å². The van der Waals surface area contributed by atoms with Crippen LogP contribution < -0.4 is 10.4 Å². The first-order chi connectivity index (χ1) is 15.4. The van der Waals surface area contributed by atoms with Crippen LogP contribution in [-0.4, -0.2) is 47.1 Å². The molecule has 0 radical (unpaired) electrons. The molecular weight excluding hydrogens is 480 g/mol. The minimum Gasteiger partial charge on any atom is -0.493 e. The zero-order valence-corrected chi connectivity index (χ0v) is 18.6. The lowest BCUT2D eigenvalue weighted by Crippen LogP contribution is -2.39. The van der Waals surface area contributed by atoms with Crippen LogP contribution in [-0.2, 0) is 11.2 Å². The first-order valence-electron chi connectivity index (χ1n) is 9.75. The molecule has 9 heteroatoms. The molecule has 2 heterocycles. The van der Waals surface area contributed by atoms with E-state index in [1.807, 2.05) is 30.5 Å². The Hall–Kier alpha value is -3.59. The maximum Gasteiger partial charge on any atom is 0.349 e. The number of aromatic amines is 1. The van der Waals surface area contributed by atoms with Gasteiger partial charge in [0, 0.05) is 33.5 Å². The molecule has 4 aromatic rings. The van der Waals surface area contributed by atoms with Gasteiger partial charge in [-0.25, -0.2) is 4.79 Å². The van der Waals surface area contributed by atoms with Gasteiger partial charge in [-0.3, -0.25) is 9.59 Å². The van der Waals surface area contributed by atoms with Gasteiger partial charge in [0.15, 0.2) is 11.3 Å². The lowest BCUT2D eigenvalue weighted by Gasteiger charge is -2.20. The number of fused-ring (bicyclic) bond motifs is 2. The van der Waals surface area contributed by atoms with Crippen LogP contribution >= 0.6 is 15.9 Å². The van der Waals surface area contributed by atoms with Crippen LogP contribution in [0.5, 0.6) is 5.75 Å². The molecule has 0 spiro atoms. The third-order valence-electron chi connectivity index (χ3n) is 5.15. The topological polar surface area (TPSA) is 113 Å². The van der Waals surface area contributed by atoms with E-state index in [2.05, 4.69) is 20.9 Å². The Balaban J connectivity index is 1.67. The van der Waals surface area contributed by atoms with E-state index in [-0.39, 0.29) is 17.7 Å². The van der Waals surface area contributed by atoms with Crippen molar-refractivity contribution in [2.45, 2.75) is 6.42 Å². The average Bonchev–Trinajstić information content (AvgIpc) is 3.18. The number of hydrogen-bond acceptors (Lipinski definition) is 5. The molecule has 4 rings (SSSR count). The number of ether oxygens (including phenoxy) is 1. The maximum atomic E-state index is 13.2. The molecule has 0 aliphatic rings. The molecule has 0 aliphatic carbocycles. The number of rotatable bonds is 7. The SMILES string of the molecule is COc1cc(Br)cc2cc(C(=O)N(CCc3c[nH]c4ccccc34)CC(=O)O)c(=O)oc12. The number of carbonyl (C=O) groups excluding carboxylic acids is 1. The number of carbonyl (C=O) groups is 2. The number of carboxylic acid groups (broad SMARTS) is 1. The van der Waals surface area contributed by atoms with Crippen LogP contribution in [0, 0.1) is 0 Å². The van der Waals surface area contributed by atoms with Crippen LogP contribution in [0.4, 0.5) is 0 Å². The number of halogens is 1. The van der Waals surface area contributed by atoms with Gasteiger partial charge in [0.1, 0.15) is 12.1 Å². The van der Waals surface area contributed by atoms with Gasteiger partial charge in [0.2, 0.25) is 0 Å². The Kier molecular flexibility index (Phi) is 6.00. The third-order valence-corrected chi connectivity index (χ3v) is 5.61. The van der Waals surface area contributed by atoms with Crippen LogP contribution in [0.25, 0.3) is 21.9 Å². The van der Waals surface area contributed by atoms with Gasteiger partial charge < -0.3 is 24.1 Å². The van der Waals surface area contributed by atoms with E-state index >= 15 is 0 Å². The zero-order chi connectivity index (χ0) is 22.8. The predicted octanol–water partition coefficient (Wildman–Crippen LogP) is 3.81. The van der Waals surface area contributed by atoms with Crippen molar-refractivity contribution in [1.29, 1.82) is 0 Å². The van der Waals surface area contributed by atoms with Gasteiger partial charge in [-0.2, -0.15) is 0 Å². The van der Waals surface area contributed by atoms with E-state index in [1.165, 1.54) is 13.2 Å². The summed E-state index contributed by atoms with van der Waals surface area (Å²) in [7, 11) is 1.44. The highest BCUT2D eigenvalue weighted by Crippen LogP contribution is 2.29. The summed E-state index contributed by atoms with van der Waals surface area (Å²) in [5.41, 5.74) is 1.01. The standard InChI is InChI=1S/C23H19BrN2O6/c1-31-19-10-15(24)8-14-9-17(23(30)32-21(14)19)22(29)26(12-20(27)28)7-6-13-11-25-18-5-3-2-4-16(13)18/h2-5,8-11,25H,6-7,12H2,1H3,(H,27,28). The molecule has 1 amide bonds. The highest BCUT2D eigenvalue weighted by atomic mass is 79.9. The van der Waals surface area contributed by atoms with Crippen LogP contribution in [0.15, 0.2) is 62.3 Å². The number of carboxylic acids is 1. The van der Waals surface area contributed by atoms with Gasteiger partial charge >= 0.3 is 11.6 Å². The fourth-order valence-corrected chi connectivity index (χ4v) is 4.10. The minimum atomic E-state index is -1.17. The van der Waals surface area contributed by atoms with Gasteiger partial charge in [-0.1, -0.05) is 34.1 Å². The molecule has 32 heavy (non-hydrogen) atoms. The van der Waals surface area contributed by atoms with Crippen LogP contribution in [0.3, 0.4) is 0 Å². The molecule has 164 valence electrons. The number of amides is 1. The number of H-pyrrole nitrogens is 1. The van der Waals surface area contributed by atoms with Crippen molar-refractivity contribution in [3.63, 3.8) is 0 Å².